The Balaban J connectivity index is 3.08. The van der Waals surface area contributed by atoms with Crippen LogP contribution in [0.5, 0.6) is 0 Å². The molecule has 32 heavy (non-hydrogen) atoms. The van der Waals surface area contributed by atoms with E-state index in [2.05, 4.69) is 4.98 Å². The van der Waals surface area contributed by atoms with E-state index in [9.17, 15) is 45.1 Å². The number of carbonyl (C=O) groups is 2. The zero-order chi connectivity index (χ0) is 24.7. The van der Waals surface area contributed by atoms with Crippen LogP contribution < -0.4 is 10.6 Å². The number of aliphatic hydroxyl groups is 1. The van der Waals surface area contributed by atoms with Crippen LogP contribution in [0.25, 0.3) is 0 Å². The van der Waals surface area contributed by atoms with Gasteiger partial charge in [0.25, 0.3) is 0 Å². The first kappa shape index (κ1) is 27.6. The van der Waals surface area contributed by atoms with Gasteiger partial charge in [-0.3, -0.25) is 15.1 Å². The lowest BCUT2D eigenvalue weighted by atomic mass is 10.1. The maximum absolute atomic E-state index is 13.3. The predicted molar refractivity (Wildman–Crippen MR) is 100 cm³/mol. The van der Waals surface area contributed by atoms with E-state index in [4.69, 9.17) is 5.11 Å². The Morgan fingerprint density at radius 2 is 1.84 bits per heavy atom. The number of aliphatic hydroxyl groups excluding tert-OH is 1. The highest BCUT2D eigenvalue weighted by molar-refractivity contribution is 7.90. The maximum Gasteiger partial charge on any atom is 0.454 e. The van der Waals surface area contributed by atoms with Crippen molar-refractivity contribution in [2.45, 2.75) is 49.4 Å². The number of aliphatic carboxylic acids is 1. The van der Waals surface area contributed by atoms with E-state index in [0.717, 1.165) is 0 Å². The highest BCUT2D eigenvalue weighted by Gasteiger charge is 2.57. The molecule has 0 radical (unpaired) electrons. The van der Waals surface area contributed by atoms with Crippen LogP contribution in [0, 0.1) is 0 Å². The largest absolute Gasteiger partial charge is 0.479 e. The summed E-state index contributed by atoms with van der Waals surface area (Å²) in [5.74, 6) is -10.2. The second-order valence-corrected chi connectivity index (χ2v) is 8.97. The number of sulfone groups is 1. The number of carboxylic acid groups (broad SMARTS) is 1. The Labute approximate surface area is 179 Å². The van der Waals surface area contributed by atoms with Gasteiger partial charge in [-0.1, -0.05) is 13.0 Å². The van der Waals surface area contributed by atoms with Gasteiger partial charge in [0, 0.05) is 12.4 Å². The Kier molecular flexibility index (Phi) is 9.47. The SMILES string of the molecule is CC[C@H](NC(=O)[C@H](CS(=O)(=O)Cc1cccnc1)NCC(F)(F)C(F)(F)F)C(O)C(=O)O. The van der Waals surface area contributed by atoms with Gasteiger partial charge in [-0.2, -0.15) is 22.0 Å². The number of nitrogens with one attached hydrogen (secondary N) is 2. The fourth-order valence-corrected chi connectivity index (χ4v) is 4.06. The standard InChI is InChI=1S/C17H22F5N3O6S/c1-2-11(13(26)15(28)29)25-14(27)12(24-9-16(18,19)17(20,21)22)8-32(30,31)7-10-4-3-5-23-6-10/h3-6,11-13,24,26H,2,7-9H2,1H3,(H,25,27)(H,28,29)/t11-,12-,13?/m0/s1. The third kappa shape index (κ3) is 8.27. The van der Waals surface area contributed by atoms with Crippen LogP contribution in [0.4, 0.5) is 22.0 Å². The molecule has 0 aliphatic heterocycles. The lowest BCUT2D eigenvalue weighted by Gasteiger charge is -2.26. The zero-order valence-corrected chi connectivity index (χ0v) is 17.5. The van der Waals surface area contributed by atoms with Crippen molar-refractivity contribution < 1.29 is 50.2 Å². The summed E-state index contributed by atoms with van der Waals surface area (Å²) in [7, 11) is -4.23. The van der Waals surface area contributed by atoms with Crippen molar-refractivity contribution in [3.8, 4) is 0 Å². The Hall–Kier alpha value is -2.39. The van der Waals surface area contributed by atoms with Crippen LogP contribution in [0.2, 0.25) is 0 Å². The van der Waals surface area contributed by atoms with Gasteiger partial charge in [0.05, 0.1) is 24.1 Å². The molecule has 15 heteroatoms. The van der Waals surface area contributed by atoms with Gasteiger partial charge in [0.15, 0.2) is 15.9 Å². The Morgan fingerprint density at radius 3 is 2.31 bits per heavy atom. The maximum atomic E-state index is 13.3. The minimum atomic E-state index is -5.96. The van der Waals surface area contributed by atoms with Crippen molar-refractivity contribution in [3.05, 3.63) is 30.1 Å². The Bertz CT molecular complexity index is 882. The summed E-state index contributed by atoms with van der Waals surface area (Å²) in [6.45, 7) is -0.744. The minimum Gasteiger partial charge on any atom is -0.479 e. The van der Waals surface area contributed by atoms with E-state index in [-0.39, 0.29) is 12.0 Å². The molecule has 0 aliphatic carbocycles. The van der Waals surface area contributed by atoms with Gasteiger partial charge in [0.2, 0.25) is 5.91 Å². The molecule has 1 unspecified atom stereocenters. The lowest BCUT2D eigenvalue weighted by molar-refractivity contribution is -0.279. The fourth-order valence-electron chi connectivity index (χ4n) is 2.49. The second kappa shape index (κ2) is 11.0. The number of aromatic nitrogens is 1. The van der Waals surface area contributed by atoms with Gasteiger partial charge in [0.1, 0.15) is 6.04 Å². The molecular weight excluding hydrogens is 469 g/mol. The van der Waals surface area contributed by atoms with E-state index in [1.807, 2.05) is 5.32 Å². The van der Waals surface area contributed by atoms with Gasteiger partial charge in [-0.05, 0) is 18.1 Å². The molecule has 3 atom stereocenters. The molecule has 0 fully saturated rings. The average molecular weight is 491 g/mol. The third-order valence-corrected chi connectivity index (χ3v) is 5.85. The molecule has 0 spiro atoms. The summed E-state index contributed by atoms with van der Waals surface area (Å²) >= 11 is 0. The number of halogens is 5. The second-order valence-electron chi connectivity index (χ2n) is 6.86. The van der Waals surface area contributed by atoms with Crippen LogP contribution >= 0.6 is 0 Å². The number of hydrogen-bond donors (Lipinski definition) is 4. The van der Waals surface area contributed by atoms with Crippen molar-refractivity contribution in [2.24, 2.45) is 0 Å². The number of nitrogens with zero attached hydrogens (tertiary/aromatic N) is 1. The molecule has 4 N–H and O–H groups in total. The molecule has 0 saturated heterocycles. The zero-order valence-electron chi connectivity index (χ0n) is 16.6. The number of pyridine rings is 1. The number of carboxylic acids is 1. The predicted octanol–water partition coefficient (Wildman–Crippen LogP) is 0.492. The molecule has 1 amide bonds. The third-order valence-electron chi connectivity index (χ3n) is 4.23. The lowest BCUT2D eigenvalue weighted by Crippen LogP contribution is -2.57. The van der Waals surface area contributed by atoms with E-state index < -0.39 is 70.1 Å². The first-order valence-electron chi connectivity index (χ1n) is 9.08. The van der Waals surface area contributed by atoms with Crippen LogP contribution in [-0.2, 0) is 25.2 Å². The smallest absolute Gasteiger partial charge is 0.454 e. The molecule has 182 valence electrons. The summed E-state index contributed by atoms with van der Waals surface area (Å²) in [4.78, 5) is 27.1. The summed E-state index contributed by atoms with van der Waals surface area (Å²) in [6, 6.07) is -0.759. The minimum absolute atomic E-state index is 0.160. The first-order chi connectivity index (χ1) is 14.6. The quantitative estimate of drug-likeness (QED) is 0.309. The molecular formula is C17H22F5N3O6S. The summed E-state index contributed by atoms with van der Waals surface area (Å²) in [5.41, 5.74) is 0.181. The number of alkyl halides is 5. The van der Waals surface area contributed by atoms with Crippen LogP contribution in [0.1, 0.15) is 18.9 Å². The van der Waals surface area contributed by atoms with Crippen molar-refractivity contribution in [1.29, 1.82) is 0 Å². The molecule has 1 heterocycles. The highest BCUT2D eigenvalue weighted by Crippen LogP contribution is 2.34. The topological polar surface area (TPSA) is 146 Å². The van der Waals surface area contributed by atoms with Gasteiger partial charge < -0.3 is 15.5 Å². The number of rotatable bonds is 12. The number of hydrogen-bond acceptors (Lipinski definition) is 7. The van der Waals surface area contributed by atoms with E-state index >= 15 is 0 Å². The van der Waals surface area contributed by atoms with Crippen LogP contribution in [0.15, 0.2) is 24.5 Å². The van der Waals surface area contributed by atoms with E-state index in [0.29, 0.717) is 0 Å². The summed E-state index contributed by atoms with van der Waals surface area (Å²) in [6.07, 6.45) is -5.69. The van der Waals surface area contributed by atoms with Gasteiger partial charge >= 0.3 is 18.1 Å². The molecule has 0 saturated carbocycles. The normalized spacial score (nSPS) is 15.6. The van der Waals surface area contributed by atoms with Crippen molar-refractivity contribution in [2.75, 3.05) is 12.3 Å². The van der Waals surface area contributed by atoms with Gasteiger partial charge in [-0.25, -0.2) is 13.2 Å². The highest BCUT2D eigenvalue weighted by atomic mass is 32.2. The number of carbonyl (C=O) groups excluding carboxylic acids is 1. The average Bonchev–Trinajstić information content (AvgIpc) is 2.67. The van der Waals surface area contributed by atoms with Crippen LogP contribution in [-0.4, -0.2) is 78.1 Å². The molecule has 1 aromatic heterocycles. The molecule has 9 nitrogen and oxygen atoms in total. The fraction of sp³-hybridized carbons (Fsp3) is 0.588. The molecule has 0 aromatic carbocycles. The van der Waals surface area contributed by atoms with Crippen LogP contribution in [0.3, 0.4) is 0 Å². The number of amides is 1. The molecule has 0 aliphatic rings. The first-order valence-corrected chi connectivity index (χ1v) is 10.9. The molecule has 1 rings (SSSR count). The monoisotopic (exact) mass is 491 g/mol. The van der Waals surface area contributed by atoms with E-state index in [1.165, 1.54) is 31.5 Å². The summed E-state index contributed by atoms with van der Waals surface area (Å²) < 4.78 is 88.8. The molecule has 0 bridgehead atoms. The Morgan fingerprint density at radius 1 is 1.22 bits per heavy atom. The van der Waals surface area contributed by atoms with Crippen molar-refractivity contribution in [3.63, 3.8) is 0 Å². The van der Waals surface area contributed by atoms with Crippen molar-refractivity contribution >= 4 is 21.7 Å². The van der Waals surface area contributed by atoms with E-state index in [1.54, 1.807) is 5.32 Å². The van der Waals surface area contributed by atoms with Gasteiger partial charge in [-0.15, -0.1) is 0 Å². The summed E-state index contributed by atoms with van der Waals surface area (Å²) in [5, 5.41) is 22.0. The van der Waals surface area contributed by atoms with Crippen molar-refractivity contribution in [1.82, 2.24) is 15.6 Å². The molecule has 1 aromatic rings.